The molecule has 0 aliphatic rings. The van der Waals surface area contributed by atoms with Gasteiger partial charge in [-0.3, -0.25) is 5.73 Å². The Bertz CT molecular complexity index is 233. The smallest absolute Gasteiger partial charge is 0.423 e. The van der Waals surface area contributed by atoms with Gasteiger partial charge in [-0.2, -0.15) is 8.42 Å². The zero-order valence-electron chi connectivity index (χ0n) is 5.77. The summed E-state index contributed by atoms with van der Waals surface area (Å²) in [7, 11) is -4.05. The third kappa shape index (κ3) is 7.03. The maximum absolute atomic E-state index is 10.4. The van der Waals surface area contributed by atoms with E-state index < -0.39 is 22.5 Å². The summed E-state index contributed by atoms with van der Waals surface area (Å²) < 4.78 is 25.9. The Hall–Kier alpha value is -0.860. The third-order valence-corrected chi connectivity index (χ3v) is 0.970. The van der Waals surface area contributed by atoms with Crippen LogP contribution in [-0.4, -0.2) is 20.7 Å². The lowest BCUT2D eigenvalue weighted by Crippen LogP contribution is -2.39. The van der Waals surface area contributed by atoms with Crippen LogP contribution >= 0.6 is 0 Å². The van der Waals surface area contributed by atoms with E-state index in [1.165, 1.54) is 11.6 Å². The van der Waals surface area contributed by atoms with Crippen molar-refractivity contribution in [2.45, 2.75) is 13.2 Å². The Kier molecular flexibility index (Phi) is 3.23. The van der Waals surface area contributed by atoms with E-state index in [4.69, 9.17) is 5.73 Å². The van der Waals surface area contributed by atoms with E-state index in [1.807, 2.05) is 0 Å². The van der Waals surface area contributed by atoms with Gasteiger partial charge in [0.15, 0.2) is 0 Å². The highest BCUT2D eigenvalue weighted by Gasteiger charge is 2.10. The first-order valence-electron chi connectivity index (χ1n) is 2.58. The van der Waals surface area contributed by atoms with Crippen molar-refractivity contribution in [3.05, 3.63) is 0 Å². The van der Waals surface area contributed by atoms with E-state index in [-0.39, 0.29) is 0 Å². The fraction of sp³-hybridized carbons (Fsp3) is 0.667. The van der Waals surface area contributed by atoms with Crippen LogP contribution in [0.2, 0.25) is 0 Å². The Balaban J connectivity index is 3.91. The minimum atomic E-state index is -4.05. The monoisotopic (exact) mass is 183 g/mol. The molecule has 66 valence electrons. The van der Waals surface area contributed by atoms with Gasteiger partial charge in [0.1, 0.15) is 6.23 Å². The molecule has 7 nitrogen and oxygen atoms in total. The van der Waals surface area contributed by atoms with E-state index in [0.29, 0.717) is 0 Å². The van der Waals surface area contributed by atoms with Gasteiger partial charge in [0.25, 0.3) is 0 Å². The van der Waals surface area contributed by atoms with Crippen molar-refractivity contribution >= 4 is 16.3 Å². The van der Waals surface area contributed by atoms with Crippen molar-refractivity contribution in [1.82, 2.24) is 4.72 Å². The maximum Gasteiger partial charge on any atom is 0.423 e. The van der Waals surface area contributed by atoms with Crippen molar-refractivity contribution in [1.29, 1.82) is 0 Å². The zero-order chi connectivity index (χ0) is 9.07. The second kappa shape index (κ2) is 3.51. The molecule has 1 unspecified atom stereocenters. The molecule has 1 atom stereocenters. The van der Waals surface area contributed by atoms with Crippen LogP contribution in [-0.2, 0) is 14.9 Å². The number of nitrogens with one attached hydrogen (secondary N) is 1. The number of amides is 1. The first-order chi connectivity index (χ1) is 4.81. The fourth-order valence-corrected chi connectivity index (χ4v) is 0.589. The Morgan fingerprint density at radius 1 is 1.64 bits per heavy atom. The zero-order valence-corrected chi connectivity index (χ0v) is 6.59. The van der Waals surface area contributed by atoms with E-state index in [2.05, 4.69) is 9.88 Å². The first kappa shape index (κ1) is 10.1. The number of hydrogen-bond acceptors (Lipinski definition) is 5. The highest BCUT2D eigenvalue weighted by atomic mass is 32.2. The molecule has 0 saturated heterocycles. The van der Waals surface area contributed by atoms with Gasteiger partial charge >= 0.3 is 16.3 Å². The van der Waals surface area contributed by atoms with E-state index in [0.717, 1.165) is 0 Å². The lowest BCUT2D eigenvalue weighted by atomic mass is 10.7. The van der Waals surface area contributed by atoms with E-state index in [9.17, 15) is 13.2 Å². The second-order valence-electron chi connectivity index (χ2n) is 1.76. The molecule has 8 heteroatoms. The van der Waals surface area contributed by atoms with Gasteiger partial charge in [0.05, 0.1) is 0 Å². The predicted molar refractivity (Wildman–Crippen MR) is 36.4 cm³/mol. The number of carbonyl (C=O) groups excluding carboxylic acids is 1. The van der Waals surface area contributed by atoms with Crippen LogP contribution in [0.4, 0.5) is 4.79 Å². The van der Waals surface area contributed by atoms with Gasteiger partial charge in [0, 0.05) is 0 Å². The van der Waals surface area contributed by atoms with Gasteiger partial charge in [-0.05, 0) is 6.92 Å². The van der Waals surface area contributed by atoms with Gasteiger partial charge in [-0.25, -0.2) is 14.7 Å². The summed E-state index contributed by atoms with van der Waals surface area (Å²) in [4.78, 5) is 10.4. The van der Waals surface area contributed by atoms with Gasteiger partial charge < -0.3 is 4.74 Å². The molecule has 0 aliphatic heterocycles. The molecule has 11 heavy (non-hydrogen) atoms. The van der Waals surface area contributed by atoms with Gasteiger partial charge in [0.2, 0.25) is 0 Å². The van der Waals surface area contributed by atoms with Crippen molar-refractivity contribution in [2.75, 3.05) is 0 Å². The number of hydrogen-bond donors (Lipinski definition) is 3. The summed E-state index contributed by atoms with van der Waals surface area (Å²) in [6.45, 7) is 1.36. The molecule has 0 aromatic carbocycles. The Morgan fingerprint density at radius 2 is 2.09 bits per heavy atom. The summed E-state index contributed by atoms with van der Waals surface area (Å²) in [5.74, 6) is 0. The van der Waals surface area contributed by atoms with Gasteiger partial charge in [-0.15, -0.1) is 0 Å². The second-order valence-corrected chi connectivity index (χ2v) is 3.05. The molecule has 0 aliphatic carbocycles. The van der Waals surface area contributed by atoms with Crippen LogP contribution in [0.1, 0.15) is 6.92 Å². The summed E-state index contributed by atoms with van der Waals surface area (Å²) in [5.41, 5.74) is 4.99. The SMILES string of the molecule is CC(N)OC(=O)NS(N)(=O)=O. The van der Waals surface area contributed by atoms with Crippen LogP contribution in [0, 0.1) is 0 Å². The number of rotatable bonds is 2. The molecular weight excluding hydrogens is 174 g/mol. The standard InChI is InChI=1S/C3H9N3O4S/c1-2(4)10-3(7)6-11(5,8)9/h2H,4H2,1H3,(H,6,7)(H2,5,8,9). The average Bonchev–Trinajstić information content (AvgIpc) is 1.53. The Labute approximate surface area is 63.9 Å². The molecule has 0 radical (unpaired) electrons. The molecule has 0 heterocycles. The largest absolute Gasteiger partial charge is 0.430 e. The number of carbonyl (C=O) groups is 1. The highest BCUT2D eigenvalue weighted by molar-refractivity contribution is 7.87. The summed E-state index contributed by atoms with van der Waals surface area (Å²) in [5, 5.41) is 4.43. The fourth-order valence-electron chi connectivity index (χ4n) is 0.309. The maximum atomic E-state index is 10.4. The van der Waals surface area contributed by atoms with Crippen LogP contribution in [0.5, 0.6) is 0 Å². The molecule has 0 saturated carbocycles. The normalized spacial score (nSPS) is 13.7. The highest BCUT2D eigenvalue weighted by Crippen LogP contribution is 1.82. The number of nitrogens with two attached hydrogens (primary N) is 2. The van der Waals surface area contributed by atoms with Crippen LogP contribution in [0.15, 0.2) is 0 Å². The summed E-state index contributed by atoms with van der Waals surface area (Å²) in [6.07, 6.45) is -2.07. The molecule has 0 rings (SSSR count). The molecule has 0 aromatic heterocycles. The summed E-state index contributed by atoms with van der Waals surface area (Å²) >= 11 is 0. The topological polar surface area (TPSA) is 125 Å². The van der Waals surface area contributed by atoms with E-state index in [1.54, 1.807) is 0 Å². The first-order valence-corrected chi connectivity index (χ1v) is 4.12. The van der Waals surface area contributed by atoms with Crippen molar-refractivity contribution < 1.29 is 17.9 Å². The lowest BCUT2D eigenvalue weighted by Gasteiger charge is -2.06. The molecule has 0 fully saturated rings. The van der Waals surface area contributed by atoms with Crippen LogP contribution in [0.3, 0.4) is 0 Å². The van der Waals surface area contributed by atoms with Crippen molar-refractivity contribution in [3.8, 4) is 0 Å². The predicted octanol–water partition coefficient (Wildman–Crippen LogP) is -1.78. The molecule has 0 bridgehead atoms. The molecule has 5 N–H and O–H groups in total. The quantitative estimate of drug-likeness (QED) is 0.436. The molecule has 1 amide bonds. The van der Waals surface area contributed by atoms with Crippen molar-refractivity contribution in [2.24, 2.45) is 10.9 Å². The minimum Gasteiger partial charge on any atom is -0.430 e. The van der Waals surface area contributed by atoms with E-state index >= 15 is 0 Å². The molecule has 0 aromatic rings. The summed E-state index contributed by atoms with van der Waals surface area (Å²) in [6, 6.07) is 0. The lowest BCUT2D eigenvalue weighted by molar-refractivity contribution is 0.116. The molecular formula is C3H9N3O4S. The third-order valence-electron chi connectivity index (χ3n) is 0.519. The van der Waals surface area contributed by atoms with Crippen LogP contribution < -0.4 is 15.6 Å². The Morgan fingerprint density at radius 3 is 2.36 bits per heavy atom. The minimum absolute atomic E-state index is 0.878. The van der Waals surface area contributed by atoms with Gasteiger partial charge in [-0.1, -0.05) is 0 Å². The van der Waals surface area contributed by atoms with Crippen molar-refractivity contribution in [3.63, 3.8) is 0 Å². The average molecular weight is 183 g/mol. The number of ether oxygens (including phenoxy) is 1. The molecule has 0 spiro atoms. The van der Waals surface area contributed by atoms with Crippen LogP contribution in [0.25, 0.3) is 0 Å².